The first-order chi connectivity index (χ1) is 2.81. The molecule has 0 aromatic rings. The van der Waals surface area contributed by atoms with E-state index in [1.165, 1.54) is 0 Å². The normalized spacial score (nSPS) is 10.0. The highest BCUT2D eigenvalue weighted by Crippen LogP contribution is 1.71. The second kappa shape index (κ2) is 3.08. The molecule has 0 saturated heterocycles. The lowest BCUT2D eigenvalue weighted by molar-refractivity contribution is 0.0450. The molecule has 0 aromatic carbocycles. The molecule has 38 valence electrons. The van der Waals surface area contributed by atoms with Gasteiger partial charge in [0.2, 0.25) is 0 Å². The summed E-state index contributed by atoms with van der Waals surface area (Å²) >= 11 is 0. The average molecular weight is 98.1 g/mol. The van der Waals surface area contributed by atoms with Crippen LogP contribution in [0, 0.1) is 0 Å². The molecule has 0 rings (SSSR count). The second-order valence-corrected chi connectivity index (χ2v) is 1.02. The zero-order valence-electron chi connectivity index (χ0n) is 3.33. The summed E-state index contributed by atoms with van der Waals surface area (Å²) in [5, 5.41) is 24.0. The Kier molecular flexibility index (Phi) is 3.02. The summed E-state index contributed by atoms with van der Waals surface area (Å²) in [4.78, 5) is 0. The Bertz CT molecular complexity index is 25.2. The number of hydrogen-bond acceptors (Lipinski definition) is 3. The molecule has 0 aliphatic heterocycles. The molecule has 0 saturated carbocycles. The van der Waals surface area contributed by atoms with Gasteiger partial charge in [0.25, 0.3) is 0 Å². The molecular weight excluding hydrogens is 90.0 g/mol. The molecule has 0 fully saturated rings. The molecule has 3 heteroatoms. The molecule has 0 heterocycles. The van der Waals surface area contributed by atoms with Crippen LogP contribution in [-0.4, -0.2) is 34.6 Å². The van der Waals surface area contributed by atoms with Crippen molar-refractivity contribution < 1.29 is 15.3 Å². The summed E-state index contributed by atoms with van der Waals surface area (Å²) in [6, 6.07) is 0. The van der Waals surface area contributed by atoms with Crippen LogP contribution in [0.25, 0.3) is 0 Å². The van der Waals surface area contributed by atoms with Crippen molar-refractivity contribution in [1.82, 2.24) is 0 Å². The van der Waals surface area contributed by atoms with Gasteiger partial charge in [0, 0.05) is 0 Å². The Labute approximate surface area is 35.9 Å². The third kappa shape index (κ3) is 2.14. The number of aliphatic hydroxyl groups is 3. The van der Waals surface area contributed by atoms with E-state index in [2.05, 4.69) is 0 Å². The van der Waals surface area contributed by atoms with Gasteiger partial charge in [-0.2, -0.15) is 0 Å². The van der Waals surface area contributed by atoms with Crippen LogP contribution in [0.15, 0.2) is 0 Å². The van der Waals surface area contributed by atoms with E-state index in [1.807, 2.05) is 0 Å². The largest absolute Gasteiger partial charge is 0.394 e. The van der Waals surface area contributed by atoms with Gasteiger partial charge in [-0.25, -0.2) is 0 Å². The van der Waals surface area contributed by atoms with Crippen LogP contribution >= 0.6 is 0 Å². The van der Waals surface area contributed by atoms with Crippen molar-refractivity contribution in [3.8, 4) is 0 Å². The van der Waals surface area contributed by atoms with E-state index in [9.17, 15) is 0 Å². The molecule has 0 aromatic heterocycles. The van der Waals surface area contributed by atoms with Crippen LogP contribution in [0.2, 0.25) is 0 Å². The topological polar surface area (TPSA) is 60.7 Å². The van der Waals surface area contributed by atoms with Crippen LogP contribution < -0.4 is 0 Å². The third-order valence-corrected chi connectivity index (χ3v) is 0.421. The predicted octanol–water partition coefficient (Wildman–Crippen LogP) is -1.67. The number of aliphatic hydroxyl groups excluding tert-OH is 3. The predicted molar refractivity (Wildman–Crippen MR) is 20.2 cm³/mol. The van der Waals surface area contributed by atoms with Gasteiger partial charge in [-0.3, -0.25) is 0 Å². The van der Waals surface area contributed by atoms with E-state index >= 15 is 0 Å². The molecule has 0 unspecified atom stereocenters. The van der Waals surface area contributed by atoms with Crippen molar-refractivity contribution in [3.05, 3.63) is 0 Å². The Hall–Kier alpha value is -0.120. The summed E-state index contributed by atoms with van der Waals surface area (Å²) in [6.45, 7) is -0.729. The summed E-state index contributed by atoms with van der Waals surface area (Å²) in [5.74, 6) is 0. The minimum absolute atomic E-state index is 0.365. The molecule has 0 spiro atoms. The van der Waals surface area contributed by atoms with Crippen molar-refractivity contribution >= 4 is 0 Å². The first-order valence-corrected chi connectivity index (χ1v) is 1.71. The monoisotopic (exact) mass is 98.1 g/mol. The standard InChI is InChI=1S/C3H8O3/c4-1-3(6)2-5/h3-6H,1-2H2/i1+2,2+2,3+2. The van der Waals surface area contributed by atoms with Gasteiger partial charge in [0.15, 0.2) is 0 Å². The van der Waals surface area contributed by atoms with Crippen LogP contribution in [-0.2, 0) is 0 Å². The fourth-order valence-electron chi connectivity index (χ4n) is 0.0577. The lowest BCUT2D eigenvalue weighted by atomic mass is 12.3. The first kappa shape index (κ1) is 5.88. The van der Waals surface area contributed by atoms with Crippen molar-refractivity contribution in [2.75, 3.05) is 13.2 Å². The Balaban J connectivity index is 2.75. The maximum absolute atomic E-state index is 8.17. The van der Waals surface area contributed by atoms with E-state index in [1.54, 1.807) is 0 Å². The zero-order chi connectivity index (χ0) is 4.99. The molecule has 0 atom stereocenters. The van der Waals surface area contributed by atoms with Crippen molar-refractivity contribution in [2.45, 2.75) is 6.10 Å². The highest BCUT2D eigenvalue weighted by atomic mass is 16.8. The van der Waals surface area contributed by atoms with Crippen molar-refractivity contribution in [2.24, 2.45) is 0 Å². The van der Waals surface area contributed by atoms with Gasteiger partial charge >= 0.3 is 0 Å². The maximum Gasteiger partial charge on any atom is 0.100 e. The third-order valence-electron chi connectivity index (χ3n) is 0.421. The highest BCUT2D eigenvalue weighted by molar-refractivity contribution is 4.43. The van der Waals surface area contributed by atoms with Gasteiger partial charge in [-0.1, -0.05) is 0 Å². The van der Waals surface area contributed by atoms with Crippen molar-refractivity contribution in [3.63, 3.8) is 0 Å². The molecule has 0 aliphatic rings. The summed E-state index contributed by atoms with van der Waals surface area (Å²) < 4.78 is 0. The maximum atomic E-state index is 8.17. The quantitative estimate of drug-likeness (QED) is 0.387. The lowest BCUT2D eigenvalue weighted by Gasteiger charge is -1.96. The Morgan fingerprint density at radius 3 is 1.50 bits per heavy atom. The fraction of sp³-hybridized carbons (Fsp3) is 1.00. The molecule has 0 bridgehead atoms. The average Bonchev–Trinajstić information content (AvgIpc) is 1.65. The van der Waals surface area contributed by atoms with E-state index in [4.69, 9.17) is 15.3 Å². The molecule has 3 nitrogen and oxygen atoms in total. The molecule has 0 aliphatic carbocycles. The molecule has 0 amide bonds. The SMILES string of the molecule is O[14CH2][14CH](O)[14CH2]O. The second-order valence-electron chi connectivity index (χ2n) is 1.02. The Morgan fingerprint density at radius 1 is 1.17 bits per heavy atom. The van der Waals surface area contributed by atoms with Crippen LogP contribution in [0.3, 0.4) is 0 Å². The Morgan fingerprint density at radius 2 is 1.50 bits per heavy atom. The fourth-order valence-corrected chi connectivity index (χ4v) is 0.0577. The summed E-state index contributed by atoms with van der Waals surface area (Å²) in [6.07, 6.45) is -0.954. The lowest BCUT2D eigenvalue weighted by Crippen LogP contribution is -2.15. The number of hydrogen-bond donors (Lipinski definition) is 3. The van der Waals surface area contributed by atoms with Gasteiger partial charge < -0.3 is 15.3 Å². The zero-order valence-corrected chi connectivity index (χ0v) is 3.33. The minimum Gasteiger partial charge on any atom is -0.394 e. The highest BCUT2D eigenvalue weighted by Gasteiger charge is 1.93. The smallest absolute Gasteiger partial charge is 0.100 e. The molecule has 6 heavy (non-hydrogen) atoms. The van der Waals surface area contributed by atoms with Crippen LogP contribution in [0.1, 0.15) is 0 Å². The number of rotatable bonds is 2. The first-order valence-electron chi connectivity index (χ1n) is 1.71. The van der Waals surface area contributed by atoms with Gasteiger partial charge in [0.05, 0.1) is 13.2 Å². The van der Waals surface area contributed by atoms with E-state index in [0.29, 0.717) is 0 Å². The summed E-state index contributed by atoms with van der Waals surface area (Å²) in [7, 11) is 0. The van der Waals surface area contributed by atoms with Gasteiger partial charge in [0.1, 0.15) is 6.10 Å². The van der Waals surface area contributed by atoms with E-state index in [-0.39, 0.29) is 13.2 Å². The summed E-state index contributed by atoms with van der Waals surface area (Å²) in [5.41, 5.74) is 0. The van der Waals surface area contributed by atoms with Crippen LogP contribution in [0.5, 0.6) is 0 Å². The van der Waals surface area contributed by atoms with Crippen molar-refractivity contribution in [1.29, 1.82) is 0 Å². The minimum atomic E-state index is -0.954. The molecule has 0 radical (unpaired) electrons. The van der Waals surface area contributed by atoms with E-state index < -0.39 is 6.10 Å². The van der Waals surface area contributed by atoms with Gasteiger partial charge in [-0.05, 0) is 0 Å². The molecule has 3 N–H and O–H groups in total. The van der Waals surface area contributed by atoms with E-state index in [0.717, 1.165) is 0 Å². The van der Waals surface area contributed by atoms with Gasteiger partial charge in [-0.15, -0.1) is 0 Å². The molecular formula is C3H8O3. The van der Waals surface area contributed by atoms with Crippen LogP contribution in [0.4, 0.5) is 0 Å².